The van der Waals surface area contributed by atoms with E-state index in [9.17, 15) is 14.4 Å². The number of carbonyl (C=O) groups is 3. The van der Waals surface area contributed by atoms with Crippen LogP contribution in [0.25, 0.3) is 0 Å². The Morgan fingerprint density at radius 1 is 1.31 bits per heavy atom. The smallest absolute Gasteiger partial charge is 0.305 e. The van der Waals surface area contributed by atoms with E-state index >= 15 is 0 Å². The minimum Gasteiger partial charge on any atom is -0.481 e. The van der Waals surface area contributed by atoms with Gasteiger partial charge in [0.05, 0.1) is 19.0 Å². The molecule has 11 nitrogen and oxygen atoms in total. The normalized spacial score (nSPS) is 13.7. The predicted octanol–water partition coefficient (Wildman–Crippen LogP) is -0.220. The van der Waals surface area contributed by atoms with Gasteiger partial charge in [-0.1, -0.05) is 6.07 Å². The average molecular weight is 417 g/mol. The van der Waals surface area contributed by atoms with Crippen molar-refractivity contribution in [2.24, 2.45) is 4.99 Å². The Morgan fingerprint density at radius 2 is 2.10 bits per heavy atom. The van der Waals surface area contributed by atoms with Crippen molar-refractivity contribution in [1.82, 2.24) is 31.2 Å². The van der Waals surface area contributed by atoms with Crippen LogP contribution in [0.1, 0.15) is 28.5 Å². The van der Waals surface area contributed by atoms with Crippen molar-refractivity contribution in [3.05, 3.63) is 41.2 Å². The first-order chi connectivity index (χ1) is 14.0. The van der Waals surface area contributed by atoms with Gasteiger partial charge in [-0.15, -0.1) is 11.3 Å². The summed E-state index contributed by atoms with van der Waals surface area (Å²) >= 11 is 1.20. The molecule has 0 saturated carbocycles. The van der Waals surface area contributed by atoms with Crippen molar-refractivity contribution in [1.29, 1.82) is 0 Å². The van der Waals surface area contributed by atoms with E-state index in [1.54, 1.807) is 23.7 Å². The number of carboxylic acid groups (broad SMARTS) is 1. The highest BCUT2D eigenvalue weighted by molar-refractivity contribution is 7.13. The number of nitrogens with one attached hydrogen (secondary N) is 4. The van der Waals surface area contributed by atoms with Gasteiger partial charge in [-0.25, -0.2) is 4.98 Å². The highest BCUT2D eigenvalue weighted by atomic mass is 32.1. The van der Waals surface area contributed by atoms with Crippen LogP contribution in [0.4, 0.5) is 5.13 Å². The average Bonchev–Trinajstić information content (AvgIpc) is 3.38. The third kappa shape index (κ3) is 5.97. The first-order valence-electron chi connectivity index (χ1n) is 8.72. The first-order valence-corrected chi connectivity index (χ1v) is 9.60. The van der Waals surface area contributed by atoms with Crippen LogP contribution in [-0.2, 0) is 9.59 Å². The number of aliphatic imine (C=N–C) groups is 1. The zero-order valence-corrected chi connectivity index (χ0v) is 16.0. The Balaban J connectivity index is 1.54. The molecule has 1 fully saturated rings. The molecule has 1 unspecified atom stereocenters. The standard InChI is InChI=1S/C17H19N7O4S/c25-13(22-11(6-14(26)27)10-2-1-3-18-7-10)8-21-15(28)12-9-29-17(23-12)24-16-19-4-5-20-16/h1-3,7,9,11H,4-6,8H2,(H,21,28)(H,22,25)(H,26,27)(H2,19,20,23,24). The van der Waals surface area contributed by atoms with Gasteiger partial charge >= 0.3 is 5.97 Å². The monoisotopic (exact) mass is 417 g/mol. The number of pyridine rings is 1. The van der Waals surface area contributed by atoms with Crippen molar-refractivity contribution >= 4 is 40.2 Å². The maximum atomic E-state index is 12.2. The number of aliphatic carboxylic acids is 1. The van der Waals surface area contributed by atoms with Gasteiger partial charge in [-0.3, -0.25) is 19.4 Å². The molecule has 0 radical (unpaired) electrons. The minimum atomic E-state index is -1.06. The molecule has 29 heavy (non-hydrogen) atoms. The summed E-state index contributed by atoms with van der Waals surface area (Å²) in [6.45, 7) is 1.23. The number of aromatic nitrogens is 2. The molecule has 2 amide bonds. The van der Waals surface area contributed by atoms with E-state index in [-0.39, 0.29) is 18.7 Å². The topological polar surface area (TPSA) is 158 Å². The lowest BCUT2D eigenvalue weighted by Crippen LogP contribution is -2.39. The van der Waals surface area contributed by atoms with E-state index in [1.165, 1.54) is 17.5 Å². The second-order valence-corrected chi connectivity index (χ2v) is 6.85. The quantitative estimate of drug-likeness (QED) is 0.394. The number of hydrogen-bond acceptors (Lipinski definition) is 7. The highest BCUT2D eigenvalue weighted by Gasteiger charge is 2.19. The van der Waals surface area contributed by atoms with E-state index in [4.69, 9.17) is 5.11 Å². The van der Waals surface area contributed by atoms with Crippen LogP contribution in [0.5, 0.6) is 0 Å². The zero-order chi connectivity index (χ0) is 20.6. The summed E-state index contributed by atoms with van der Waals surface area (Å²) in [5.74, 6) is -1.51. The fraction of sp³-hybridized carbons (Fsp3) is 0.294. The fourth-order valence-corrected chi connectivity index (χ4v) is 3.20. The largest absolute Gasteiger partial charge is 0.481 e. The lowest BCUT2D eigenvalue weighted by atomic mass is 10.1. The SMILES string of the molecule is O=C(O)CC(NC(=O)CNC(=O)c1csc(N=C2NCCN2)n1)c1cccnc1. The van der Waals surface area contributed by atoms with Crippen molar-refractivity contribution < 1.29 is 19.5 Å². The van der Waals surface area contributed by atoms with Gasteiger partial charge < -0.3 is 26.4 Å². The number of nitrogens with zero attached hydrogens (tertiary/aromatic N) is 3. The summed E-state index contributed by atoms with van der Waals surface area (Å²) in [5, 5.41) is 22.1. The van der Waals surface area contributed by atoms with Crippen molar-refractivity contribution in [2.75, 3.05) is 19.6 Å². The Hall–Kier alpha value is -3.54. The first kappa shape index (κ1) is 20.2. The lowest BCUT2D eigenvalue weighted by Gasteiger charge is -2.17. The Labute approximate surface area is 169 Å². The molecule has 0 bridgehead atoms. The van der Waals surface area contributed by atoms with E-state index in [0.717, 1.165) is 13.1 Å². The summed E-state index contributed by atoms with van der Waals surface area (Å²) in [7, 11) is 0. The van der Waals surface area contributed by atoms with Gasteiger partial charge in [0.25, 0.3) is 5.91 Å². The number of hydrogen-bond donors (Lipinski definition) is 5. The molecular weight excluding hydrogens is 398 g/mol. The number of amides is 2. The molecule has 0 spiro atoms. The number of guanidine groups is 1. The third-order valence-corrected chi connectivity index (χ3v) is 4.59. The number of carboxylic acids is 1. The van der Waals surface area contributed by atoms with E-state index in [1.807, 2.05) is 0 Å². The molecule has 12 heteroatoms. The zero-order valence-electron chi connectivity index (χ0n) is 15.2. The number of thiazole rings is 1. The van der Waals surface area contributed by atoms with E-state index in [2.05, 4.69) is 36.2 Å². The molecule has 2 aromatic rings. The summed E-state index contributed by atoms with van der Waals surface area (Å²) in [6, 6.07) is 2.57. The van der Waals surface area contributed by atoms with Crippen molar-refractivity contribution in [3.63, 3.8) is 0 Å². The molecule has 1 aliphatic rings. The molecule has 0 aliphatic carbocycles. The highest BCUT2D eigenvalue weighted by Crippen LogP contribution is 2.19. The molecule has 5 N–H and O–H groups in total. The fourth-order valence-electron chi connectivity index (χ4n) is 2.52. The van der Waals surface area contributed by atoms with Crippen LogP contribution in [0.15, 0.2) is 34.9 Å². The Morgan fingerprint density at radius 3 is 2.79 bits per heavy atom. The van der Waals surface area contributed by atoms with Gasteiger partial charge in [0.1, 0.15) is 5.69 Å². The third-order valence-electron chi connectivity index (χ3n) is 3.85. The van der Waals surface area contributed by atoms with Gasteiger partial charge in [-0.2, -0.15) is 4.99 Å². The predicted molar refractivity (Wildman–Crippen MR) is 105 cm³/mol. The maximum absolute atomic E-state index is 12.2. The van der Waals surface area contributed by atoms with Gasteiger partial charge in [0, 0.05) is 30.9 Å². The molecule has 2 aromatic heterocycles. The summed E-state index contributed by atoms with van der Waals surface area (Å²) in [5.41, 5.74) is 0.710. The molecular formula is C17H19N7O4S. The second kappa shape index (κ2) is 9.59. The van der Waals surface area contributed by atoms with E-state index < -0.39 is 23.8 Å². The van der Waals surface area contributed by atoms with Crippen molar-refractivity contribution in [2.45, 2.75) is 12.5 Å². The van der Waals surface area contributed by atoms with Crippen LogP contribution in [-0.4, -0.2) is 58.5 Å². The van der Waals surface area contributed by atoms with Gasteiger partial charge in [-0.05, 0) is 11.6 Å². The number of carbonyl (C=O) groups excluding carboxylic acids is 2. The molecule has 152 valence electrons. The molecule has 0 aromatic carbocycles. The maximum Gasteiger partial charge on any atom is 0.305 e. The molecule has 3 heterocycles. The lowest BCUT2D eigenvalue weighted by molar-refractivity contribution is -0.137. The van der Waals surface area contributed by atoms with Crippen molar-refractivity contribution in [3.8, 4) is 0 Å². The molecule has 1 saturated heterocycles. The van der Waals surface area contributed by atoms with Gasteiger partial charge in [0.2, 0.25) is 11.0 Å². The molecule has 3 rings (SSSR count). The minimum absolute atomic E-state index is 0.148. The van der Waals surface area contributed by atoms with Gasteiger partial charge in [0.15, 0.2) is 5.96 Å². The second-order valence-electron chi connectivity index (χ2n) is 6.02. The number of rotatable bonds is 8. The van der Waals surface area contributed by atoms with Crippen LogP contribution < -0.4 is 21.3 Å². The van der Waals surface area contributed by atoms with Crippen LogP contribution in [0.2, 0.25) is 0 Å². The van der Waals surface area contributed by atoms with Crippen LogP contribution in [0, 0.1) is 0 Å². The molecule has 1 aliphatic heterocycles. The Kier molecular flexibility index (Phi) is 6.68. The summed E-state index contributed by atoms with van der Waals surface area (Å²) < 4.78 is 0. The summed E-state index contributed by atoms with van der Waals surface area (Å²) in [4.78, 5) is 47.8. The van der Waals surface area contributed by atoms with E-state index in [0.29, 0.717) is 16.7 Å². The Bertz CT molecular complexity index is 908. The van der Waals surface area contributed by atoms with Crippen LogP contribution in [0.3, 0.4) is 0 Å². The molecule has 1 atom stereocenters. The van der Waals surface area contributed by atoms with Crippen LogP contribution >= 0.6 is 11.3 Å². The summed E-state index contributed by atoms with van der Waals surface area (Å²) in [6.07, 6.45) is 2.73.